The Kier molecular flexibility index (Phi) is 3.96. The molecule has 9 heteroatoms. The van der Waals surface area contributed by atoms with Crippen molar-refractivity contribution in [3.63, 3.8) is 0 Å². The largest absolute Gasteiger partial charge is 0.353 e. The van der Waals surface area contributed by atoms with E-state index in [2.05, 4.69) is 10.2 Å². The van der Waals surface area contributed by atoms with Gasteiger partial charge in [0.1, 0.15) is 5.82 Å². The zero-order valence-electron chi connectivity index (χ0n) is 10.0. The summed E-state index contributed by atoms with van der Waals surface area (Å²) in [4.78, 5) is 12.4. The van der Waals surface area contributed by atoms with Crippen LogP contribution in [0.15, 0.2) is 27.4 Å². The molecular weight excluding hydrogens is 291 g/mol. The van der Waals surface area contributed by atoms with E-state index in [-0.39, 0.29) is 5.69 Å². The highest BCUT2D eigenvalue weighted by Gasteiger charge is 2.18. The van der Waals surface area contributed by atoms with E-state index in [1.54, 1.807) is 4.90 Å². The van der Waals surface area contributed by atoms with Gasteiger partial charge >= 0.3 is 0 Å². The summed E-state index contributed by atoms with van der Waals surface area (Å²) in [6.45, 7) is 0. The van der Waals surface area contributed by atoms with Gasteiger partial charge in [0.25, 0.3) is 5.69 Å². The number of rotatable bonds is 4. The van der Waals surface area contributed by atoms with E-state index in [0.717, 1.165) is 17.8 Å². The Labute approximate surface area is 116 Å². The summed E-state index contributed by atoms with van der Waals surface area (Å²) in [6.07, 6.45) is 0. The number of nitro benzene ring substituents is 1. The van der Waals surface area contributed by atoms with Gasteiger partial charge in [-0.2, -0.15) is 0 Å². The van der Waals surface area contributed by atoms with Crippen molar-refractivity contribution < 1.29 is 9.31 Å². The zero-order valence-corrected chi connectivity index (χ0v) is 11.7. The van der Waals surface area contributed by atoms with Gasteiger partial charge in [-0.1, -0.05) is 11.3 Å². The van der Waals surface area contributed by atoms with E-state index in [9.17, 15) is 14.5 Å². The maximum absolute atomic E-state index is 13.0. The molecule has 100 valence electrons. The molecule has 0 atom stereocenters. The summed E-state index contributed by atoms with van der Waals surface area (Å²) >= 11 is 2.41. The molecule has 0 aliphatic rings. The van der Waals surface area contributed by atoms with Crippen molar-refractivity contribution in [1.29, 1.82) is 0 Å². The minimum atomic E-state index is -0.637. The molecular formula is C10H9FN4O2S2. The van der Waals surface area contributed by atoms with Gasteiger partial charge < -0.3 is 4.90 Å². The van der Waals surface area contributed by atoms with E-state index in [1.807, 2.05) is 14.1 Å². The zero-order chi connectivity index (χ0) is 14.0. The Hall–Kier alpha value is -1.74. The first-order valence-electron chi connectivity index (χ1n) is 5.10. The Morgan fingerprint density at radius 1 is 1.42 bits per heavy atom. The van der Waals surface area contributed by atoms with Crippen LogP contribution < -0.4 is 4.90 Å². The second kappa shape index (κ2) is 5.49. The fraction of sp³-hybridized carbons (Fsp3) is 0.200. The molecule has 0 spiro atoms. The lowest BCUT2D eigenvalue weighted by atomic mass is 10.3. The molecule has 0 saturated heterocycles. The number of hydrogen-bond donors (Lipinski definition) is 0. The third kappa shape index (κ3) is 3.18. The van der Waals surface area contributed by atoms with Crippen molar-refractivity contribution in [1.82, 2.24) is 10.2 Å². The molecule has 2 rings (SSSR count). The van der Waals surface area contributed by atoms with E-state index in [0.29, 0.717) is 14.4 Å². The predicted molar refractivity (Wildman–Crippen MR) is 71.4 cm³/mol. The highest BCUT2D eigenvalue weighted by molar-refractivity contribution is 8.01. The summed E-state index contributed by atoms with van der Waals surface area (Å²) in [7, 11) is 3.66. The topological polar surface area (TPSA) is 72.2 Å². The van der Waals surface area contributed by atoms with Crippen LogP contribution in [-0.2, 0) is 0 Å². The molecule has 1 aromatic heterocycles. The number of halogens is 1. The average molecular weight is 300 g/mol. The SMILES string of the molecule is CN(C)c1nnc(Sc2ccc(F)cc2[N+](=O)[O-])s1. The van der Waals surface area contributed by atoms with Crippen molar-refractivity contribution in [2.75, 3.05) is 19.0 Å². The molecule has 0 N–H and O–H groups in total. The van der Waals surface area contributed by atoms with Crippen LogP contribution in [0.25, 0.3) is 0 Å². The average Bonchev–Trinajstić information content (AvgIpc) is 2.80. The first-order chi connectivity index (χ1) is 8.97. The highest BCUT2D eigenvalue weighted by Crippen LogP contribution is 2.37. The van der Waals surface area contributed by atoms with Crippen LogP contribution in [0.4, 0.5) is 15.2 Å². The van der Waals surface area contributed by atoms with Crippen LogP contribution >= 0.6 is 23.1 Å². The van der Waals surface area contributed by atoms with Crippen molar-refractivity contribution in [2.24, 2.45) is 0 Å². The fourth-order valence-electron chi connectivity index (χ4n) is 1.24. The van der Waals surface area contributed by atoms with Gasteiger partial charge in [-0.15, -0.1) is 10.2 Å². The molecule has 0 fully saturated rings. The molecule has 0 amide bonds. The first-order valence-corrected chi connectivity index (χ1v) is 6.73. The van der Waals surface area contributed by atoms with Crippen LogP contribution in [0.5, 0.6) is 0 Å². The normalized spacial score (nSPS) is 10.5. The molecule has 1 aromatic carbocycles. The van der Waals surface area contributed by atoms with E-state index in [4.69, 9.17) is 0 Å². The predicted octanol–water partition coefficient (Wildman–Crippen LogP) is 2.80. The summed E-state index contributed by atoms with van der Waals surface area (Å²) in [5.74, 6) is -0.637. The van der Waals surface area contributed by atoms with Crippen molar-refractivity contribution in [3.8, 4) is 0 Å². The second-order valence-electron chi connectivity index (χ2n) is 3.72. The summed E-state index contributed by atoms with van der Waals surface area (Å²) in [5, 5.41) is 19.4. The number of nitrogens with zero attached hydrogens (tertiary/aromatic N) is 4. The lowest BCUT2D eigenvalue weighted by molar-refractivity contribution is -0.387. The fourth-order valence-corrected chi connectivity index (χ4v) is 3.04. The van der Waals surface area contributed by atoms with E-state index >= 15 is 0 Å². The van der Waals surface area contributed by atoms with Gasteiger partial charge in [-0.05, 0) is 23.9 Å². The molecule has 0 bridgehead atoms. The monoisotopic (exact) mass is 300 g/mol. The third-order valence-corrected chi connectivity index (χ3v) is 4.30. The summed E-state index contributed by atoms with van der Waals surface area (Å²) < 4.78 is 13.6. The smallest absolute Gasteiger partial charge is 0.286 e. The highest BCUT2D eigenvalue weighted by atomic mass is 32.2. The molecule has 1 heterocycles. The quantitative estimate of drug-likeness (QED) is 0.638. The molecule has 0 unspecified atom stereocenters. The maximum atomic E-state index is 13.0. The van der Waals surface area contributed by atoms with Crippen LogP contribution in [-0.4, -0.2) is 29.2 Å². The van der Waals surface area contributed by atoms with Gasteiger partial charge in [0, 0.05) is 14.1 Å². The maximum Gasteiger partial charge on any atom is 0.286 e. The van der Waals surface area contributed by atoms with Crippen molar-refractivity contribution in [2.45, 2.75) is 9.24 Å². The lowest BCUT2D eigenvalue weighted by Crippen LogP contribution is -2.07. The minimum Gasteiger partial charge on any atom is -0.353 e. The van der Waals surface area contributed by atoms with E-state index in [1.165, 1.54) is 23.5 Å². The van der Waals surface area contributed by atoms with Gasteiger partial charge in [-0.3, -0.25) is 10.1 Å². The number of nitro groups is 1. The molecule has 0 aliphatic carbocycles. The molecule has 19 heavy (non-hydrogen) atoms. The number of aromatic nitrogens is 2. The second-order valence-corrected chi connectivity index (χ2v) is 5.96. The summed E-state index contributed by atoms with van der Waals surface area (Å²) in [5.41, 5.74) is -0.272. The van der Waals surface area contributed by atoms with Gasteiger partial charge in [0.2, 0.25) is 5.13 Å². The van der Waals surface area contributed by atoms with Crippen LogP contribution in [0.1, 0.15) is 0 Å². The Morgan fingerprint density at radius 3 is 2.74 bits per heavy atom. The van der Waals surface area contributed by atoms with Gasteiger partial charge in [-0.25, -0.2) is 4.39 Å². The minimum absolute atomic E-state index is 0.272. The molecule has 0 radical (unpaired) electrons. The Morgan fingerprint density at radius 2 is 2.16 bits per heavy atom. The van der Waals surface area contributed by atoms with Crippen LogP contribution in [0, 0.1) is 15.9 Å². The number of hydrogen-bond acceptors (Lipinski definition) is 7. The van der Waals surface area contributed by atoms with Crippen LogP contribution in [0.2, 0.25) is 0 Å². The third-order valence-electron chi connectivity index (χ3n) is 2.09. The molecule has 0 saturated carbocycles. The van der Waals surface area contributed by atoms with Crippen molar-refractivity contribution in [3.05, 3.63) is 34.1 Å². The van der Waals surface area contributed by atoms with E-state index < -0.39 is 10.7 Å². The molecule has 0 aliphatic heterocycles. The summed E-state index contributed by atoms with van der Waals surface area (Å²) in [6, 6.07) is 3.45. The number of benzene rings is 1. The standard InChI is InChI=1S/C10H9FN4O2S2/c1-14(2)9-12-13-10(19-9)18-8-4-3-6(11)5-7(8)15(16)17/h3-5H,1-2H3. The first kappa shape index (κ1) is 13.7. The van der Waals surface area contributed by atoms with Gasteiger partial charge in [0.15, 0.2) is 4.34 Å². The van der Waals surface area contributed by atoms with Crippen molar-refractivity contribution >= 4 is 33.9 Å². The lowest BCUT2D eigenvalue weighted by Gasteiger charge is -2.03. The molecule has 2 aromatic rings. The Bertz CT molecular complexity index is 617. The Balaban J connectivity index is 2.29. The van der Waals surface area contributed by atoms with Gasteiger partial charge in [0.05, 0.1) is 15.9 Å². The molecule has 6 nitrogen and oxygen atoms in total. The number of anilines is 1. The van der Waals surface area contributed by atoms with Crippen LogP contribution in [0.3, 0.4) is 0 Å².